The van der Waals surface area contributed by atoms with Gasteiger partial charge in [0.25, 0.3) is 5.91 Å². The van der Waals surface area contributed by atoms with Crippen molar-refractivity contribution in [2.24, 2.45) is 0 Å². The molecule has 0 aliphatic heterocycles. The molecular formula is C20H17FN6O2S. The summed E-state index contributed by atoms with van der Waals surface area (Å²) in [4.78, 5) is 29.4. The number of nitrogens with one attached hydrogen (secondary N) is 3. The first kappa shape index (κ1) is 19.6. The first-order valence-electron chi connectivity index (χ1n) is 9.14. The summed E-state index contributed by atoms with van der Waals surface area (Å²) in [6, 6.07) is 11.3. The molecule has 0 aliphatic rings. The molecule has 0 atom stereocenters. The van der Waals surface area contributed by atoms with Gasteiger partial charge in [-0.05, 0) is 35.9 Å². The number of carbonyl (C=O) groups excluding carboxylic acids is 2. The molecule has 152 valence electrons. The highest BCUT2D eigenvalue weighted by Gasteiger charge is 2.11. The van der Waals surface area contributed by atoms with E-state index in [1.807, 2.05) is 6.07 Å². The molecule has 2 heterocycles. The summed E-state index contributed by atoms with van der Waals surface area (Å²) in [5.74, 6) is -0.832. The Morgan fingerprint density at radius 2 is 1.97 bits per heavy atom. The van der Waals surface area contributed by atoms with Gasteiger partial charge in [0.05, 0.1) is 0 Å². The predicted molar refractivity (Wildman–Crippen MR) is 111 cm³/mol. The number of hydrogen-bond acceptors (Lipinski definition) is 6. The van der Waals surface area contributed by atoms with Crippen LogP contribution in [0.1, 0.15) is 27.2 Å². The smallest absolute Gasteiger partial charge is 0.251 e. The molecule has 0 bridgehead atoms. The number of carbonyl (C=O) groups is 2. The Bertz CT molecular complexity index is 1200. The van der Waals surface area contributed by atoms with E-state index >= 15 is 0 Å². The van der Waals surface area contributed by atoms with Crippen molar-refractivity contribution in [2.75, 3.05) is 11.9 Å². The van der Waals surface area contributed by atoms with Crippen LogP contribution in [0.15, 0.2) is 48.7 Å². The first-order chi connectivity index (χ1) is 14.6. The number of aromatic amines is 1. The van der Waals surface area contributed by atoms with Crippen molar-refractivity contribution in [1.29, 1.82) is 0 Å². The third-order valence-electron chi connectivity index (χ3n) is 4.28. The molecule has 0 radical (unpaired) electrons. The van der Waals surface area contributed by atoms with Gasteiger partial charge in [-0.15, -0.1) is 11.3 Å². The van der Waals surface area contributed by atoms with Crippen molar-refractivity contribution >= 4 is 39.3 Å². The van der Waals surface area contributed by atoms with E-state index in [1.54, 1.807) is 30.5 Å². The molecule has 0 saturated heterocycles. The van der Waals surface area contributed by atoms with Gasteiger partial charge in [0.15, 0.2) is 5.13 Å². The van der Waals surface area contributed by atoms with E-state index in [0.717, 1.165) is 10.4 Å². The number of halogens is 1. The Labute approximate surface area is 174 Å². The zero-order valence-corrected chi connectivity index (χ0v) is 16.5. The Balaban J connectivity index is 1.24. The standard InChI is InChI=1S/C20H17FN6O2S/c21-14-3-1-2-12(8-14)9-15-11-23-20(30-15)24-18(28)6-7-22-19(29)13-4-5-16-17(10-13)26-27-25-16/h1-5,8,10-11H,6-7,9H2,(H,22,29)(H,23,24,28)(H,25,26,27). The minimum absolute atomic E-state index is 0.108. The average molecular weight is 424 g/mol. The summed E-state index contributed by atoms with van der Waals surface area (Å²) >= 11 is 1.33. The molecule has 2 aromatic carbocycles. The van der Waals surface area contributed by atoms with Crippen LogP contribution < -0.4 is 10.6 Å². The molecule has 3 N–H and O–H groups in total. The molecule has 0 saturated carbocycles. The maximum Gasteiger partial charge on any atom is 0.251 e. The van der Waals surface area contributed by atoms with Crippen LogP contribution in [0, 0.1) is 5.82 Å². The number of hydrogen-bond donors (Lipinski definition) is 3. The van der Waals surface area contributed by atoms with Gasteiger partial charge < -0.3 is 10.6 Å². The lowest BCUT2D eigenvalue weighted by Gasteiger charge is -2.05. The fourth-order valence-electron chi connectivity index (χ4n) is 2.85. The molecule has 30 heavy (non-hydrogen) atoms. The molecule has 4 rings (SSSR count). The summed E-state index contributed by atoms with van der Waals surface area (Å²) in [6.45, 7) is 0.184. The Kier molecular flexibility index (Phi) is 5.75. The highest BCUT2D eigenvalue weighted by atomic mass is 32.1. The number of nitrogens with zero attached hydrogens (tertiary/aromatic N) is 3. The third kappa shape index (κ3) is 4.84. The maximum atomic E-state index is 13.3. The Morgan fingerprint density at radius 3 is 2.83 bits per heavy atom. The van der Waals surface area contributed by atoms with Gasteiger partial charge >= 0.3 is 0 Å². The lowest BCUT2D eigenvalue weighted by atomic mass is 10.1. The number of aromatic nitrogens is 4. The van der Waals surface area contributed by atoms with E-state index in [1.165, 1.54) is 23.5 Å². The lowest BCUT2D eigenvalue weighted by molar-refractivity contribution is -0.116. The number of fused-ring (bicyclic) bond motifs is 1. The third-order valence-corrected chi connectivity index (χ3v) is 5.20. The van der Waals surface area contributed by atoms with Gasteiger partial charge in [-0.2, -0.15) is 15.4 Å². The van der Waals surface area contributed by atoms with Crippen molar-refractivity contribution in [3.05, 3.63) is 70.5 Å². The van der Waals surface area contributed by atoms with Crippen molar-refractivity contribution in [3.63, 3.8) is 0 Å². The molecule has 0 aliphatic carbocycles. The van der Waals surface area contributed by atoms with Crippen LogP contribution in [0.3, 0.4) is 0 Å². The quantitative estimate of drug-likeness (QED) is 0.422. The second-order valence-corrected chi connectivity index (χ2v) is 7.63. The molecule has 0 spiro atoms. The van der Waals surface area contributed by atoms with E-state index in [2.05, 4.69) is 31.0 Å². The zero-order chi connectivity index (χ0) is 20.9. The number of H-pyrrole nitrogens is 1. The van der Waals surface area contributed by atoms with Crippen LogP contribution in [-0.2, 0) is 11.2 Å². The molecule has 4 aromatic rings. The molecule has 8 nitrogen and oxygen atoms in total. The first-order valence-corrected chi connectivity index (χ1v) is 9.96. The minimum atomic E-state index is -0.292. The SMILES string of the molecule is O=C(CCNC(=O)c1ccc2n[nH]nc2c1)Nc1ncc(Cc2cccc(F)c2)s1. The number of benzene rings is 2. The normalized spacial score (nSPS) is 10.8. The fourth-order valence-corrected chi connectivity index (χ4v) is 3.71. The summed E-state index contributed by atoms with van der Waals surface area (Å²) in [6.07, 6.45) is 2.31. The van der Waals surface area contributed by atoms with E-state index in [9.17, 15) is 14.0 Å². The summed E-state index contributed by atoms with van der Waals surface area (Å²) < 4.78 is 13.3. The van der Waals surface area contributed by atoms with Gasteiger partial charge in [-0.3, -0.25) is 9.59 Å². The highest BCUT2D eigenvalue weighted by Crippen LogP contribution is 2.21. The second kappa shape index (κ2) is 8.78. The molecular weight excluding hydrogens is 407 g/mol. The summed E-state index contributed by atoms with van der Waals surface area (Å²) in [5.41, 5.74) is 2.55. The minimum Gasteiger partial charge on any atom is -0.352 e. The molecule has 10 heteroatoms. The van der Waals surface area contributed by atoms with E-state index in [4.69, 9.17) is 0 Å². The summed E-state index contributed by atoms with van der Waals surface area (Å²) in [5, 5.41) is 16.3. The van der Waals surface area contributed by atoms with Gasteiger partial charge in [0.1, 0.15) is 16.9 Å². The van der Waals surface area contributed by atoms with Crippen LogP contribution in [0.25, 0.3) is 11.0 Å². The average Bonchev–Trinajstić information content (AvgIpc) is 3.36. The number of anilines is 1. The topological polar surface area (TPSA) is 113 Å². The lowest BCUT2D eigenvalue weighted by Crippen LogP contribution is -2.27. The number of rotatable bonds is 7. The molecule has 2 aromatic heterocycles. The zero-order valence-electron chi connectivity index (χ0n) is 15.7. The van der Waals surface area contributed by atoms with Crippen molar-refractivity contribution < 1.29 is 14.0 Å². The predicted octanol–water partition coefficient (Wildman–Crippen LogP) is 2.90. The maximum absolute atomic E-state index is 13.3. The van der Waals surface area contributed by atoms with Crippen molar-refractivity contribution in [1.82, 2.24) is 25.7 Å². The van der Waals surface area contributed by atoms with Crippen LogP contribution in [0.2, 0.25) is 0 Å². The highest BCUT2D eigenvalue weighted by molar-refractivity contribution is 7.15. The molecule has 2 amide bonds. The van der Waals surface area contributed by atoms with Crippen molar-refractivity contribution in [3.8, 4) is 0 Å². The van der Waals surface area contributed by atoms with E-state index in [0.29, 0.717) is 28.1 Å². The monoisotopic (exact) mass is 424 g/mol. The van der Waals surface area contributed by atoms with Gasteiger partial charge in [0.2, 0.25) is 5.91 Å². The van der Waals surface area contributed by atoms with E-state index < -0.39 is 0 Å². The van der Waals surface area contributed by atoms with Gasteiger partial charge in [-0.25, -0.2) is 9.37 Å². The van der Waals surface area contributed by atoms with Crippen LogP contribution in [0.5, 0.6) is 0 Å². The van der Waals surface area contributed by atoms with Gasteiger partial charge in [-0.1, -0.05) is 12.1 Å². The van der Waals surface area contributed by atoms with Gasteiger partial charge in [0, 0.05) is 36.0 Å². The largest absolute Gasteiger partial charge is 0.352 e. The van der Waals surface area contributed by atoms with E-state index in [-0.39, 0.29) is 30.6 Å². The van der Waals surface area contributed by atoms with Crippen LogP contribution in [-0.4, -0.2) is 38.8 Å². The van der Waals surface area contributed by atoms with Crippen LogP contribution >= 0.6 is 11.3 Å². The second-order valence-electron chi connectivity index (χ2n) is 6.52. The van der Waals surface area contributed by atoms with Crippen LogP contribution in [0.4, 0.5) is 9.52 Å². The Morgan fingerprint density at radius 1 is 1.10 bits per heavy atom. The molecule has 0 fully saturated rings. The van der Waals surface area contributed by atoms with Crippen molar-refractivity contribution in [2.45, 2.75) is 12.8 Å². The summed E-state index contributed by atoms with van der Waals surface area (Å²) in [7, 11) is 0. The Hall–Kier alpha value is -3.66. The number of thiazole rings is 1. The number of amides is 2. The molecule has 0 unspecified atom stereocenters. The fraction of sp³-hybridized carbons (Fsp3) is 0.150.